The summed E-state index contributed by atoms with van der Waals surface area (Å²) in [6, 6.07) is 0. The molecule has 104 valence electrons. The highest BCUT2D eigenvalue weighted by Gasteiger charge is 2.16. The summed E-state index contributed by atoms with van der Waals surface area (Å²) in [7, 11) is 0. The van der Waals surface area contributed by atoms with Gasteiger partial charge in [0.2, 0.25) is 0 Å². The van der Waals surface area contributed by atoms with Gasteiger partial charge in [0.25, 0.3) is 0 Å². The van der Waals surface area contributed by atoms with Gasteiger partial charge in [0.1, 0.15) is 15.8 Å². The van der Waals surface area contributed by atoms with Gasteiger partial charge in [-0.25, -0.2) is 4.98 Å². The van der Waals surface area contributed by atoms with Crippen LogP contribution in [0.1, 0.15) is 19.0 Å². The molecular weight excluding hydrogens is 296 g/mol. The largest absolute Gasteiger partial charge is 0.382 e. The highest BCUT2D eigenvalue weighted by molar-refractivity contribution is 7.99. The summed E-state index contributed by atoms with van der Waals surface area (Å²) in [6.45, 7) is 5.16. The Bertz CT molecular complexity index is 535. The average molecular weight is 315 g/mol. The molecule has 4 nitrogen and oxygen atoms in total. The molecule has 3 N–H and O–H groups in total. The lowest BCUT2D eigenvalue weighted by Gasteiger charge is -2.09. The summed E-state index contributed by atoms with van der Waals surface area (Å²) in [6.07, 6.45) is 3.26. The van der Waals surface area contributed by atoms with E-state index in [1.54, 1.807) is 11.3 Å². The zero-order valence-electron chi connectivity index (χ0n) is 11.3. The third-order valence-corrected chi connectivity index (χ3v) is 5.63. The zero-order valence-corrected chi connectivity index (χ0v) is 13.7. The molecule has 2 aromatic heterocycles. The first-order chi connectivity index (χ1) is 9.11. The van der Waals surface area contributed by atoms with E-state index in [2.05, 4.69) is 27.9 Å². The fourth-order valence-electron chi connectivity index (χ4n) is 1.61. The lowest BCUT2D eigenvalue weighted by molar-refractivity contribution is 0.855. The van der Waals surface area contributed by atoms with E-state index in [0.29, 0.717) is 11.1 Å². The lowest BCUT2D eigenvalue weighted by atomic mass is 10.3. The van der Waals surface area contributed by atoms with Crippen molar-refractivity contribution in [1.29, 1.82) is 0 Å². The predicted molar refractivity (Wildman–Crippen MR) is 88.5 cm³/mol. The van der Waals surface area contributed by atoms with Crippen molar-refractivity contribution < 1.29 is 0 Å². The molecular formula is C12H18N4S3. The van der Waals surface area contributed by atoms with Crippen LogP contribution in [-0.4, -0.2) is 27.4 Å². The van der Waals surface area contributed by atoms with Gasteiger partial charge in [-0.1, -0.05) is 6.92 Å². The first-order valence-electron chi connectivity index (χ1n) is 6.06. The Kier molecular flexibility index (Phi) is 5.06. The Labute approximate surface area is 126 Å². The van der Waals surface area contributed by atoms with E-state index in [0.717, 1.165) is 34.2 Å². The van der Waals surface area contributed by atoms with E-state index in [1.165, 1.54) is 11.5 Å². The maximum Gasteiger partial charge on any atom is 0.149 e. The maximum atomic E-state index is 5.96. The van der Waals surface area contributed by atoms with E-state index >= 15 is 0 Å². The fourth-order valence-corrected chi connectivity index (χ4v) is 3.62. The molecule has 19 heavy (non-hydrogen) atoms. The van der Waals surface area contributed by atoms with Crippen LogP contribution in [-0.2, 0) is 0 Å². The van der Waals surface area contributed by atoms with Crippen LogP contribution in [0.15, 0.2) is 5.38 Å². The van der Waals surface area contributed by atoms with Gasteiger partial charge in [0.05, 0.1) is 5.56 Å². The van der Waals surface area contributed by atoms with Crippen LogP contribution in [0.2, 0.25) is 0 Å². The zero-order chi connectivity index (χ0) is 13.8. The number of nitrogens with two attached hydrogens (primary N) is 1. The Hall–Kier alpha value is -0.790. The van der Waals surface area contributed by atoms with Gasteiger partial charge in [0, 0.05) is 22.9 Å². The minimum Gasteiger partial charge on any atom is -0.382 e. The number of nitrogen functional groups attached to an aromatic ring is 1. The van der Waals surface area contributed by atoms with Crippen LogP contribution in [0.25, 0.3) is 10.6 Å². The van der Waals surface area contributed by atoms with Crippen molar-refractivity contribution in [2.75, 3.05) is 23.9 Å². The molecule has 2 heterocycles. The van der Waals surface area contributed by atoms with Crippen molar-refractivity contribution in [3.05, 3.63) is 11.1 Å². The van der Waals surface area contributed by atoms with Gasteiger partial charge in [-0.15, -0.1) is 11.3 Å². The van der Waals surface area contributed by atoms with E-state index < -0.39 is 0 Å². The molecule has 0 fully saturated rings. The standard InChI is InChI=1S/C12H18N4S3/c1-7-6-18-12(15-7)9-10(13)16-19-11(9)14-5-4-8(2)17-3/h6,8,14H,4-5H2,1-3H3,(H2,13,16). The van der Waals surface area contributed by atoms with Crippen LogP contribution in [0, 0.1) is 6.92 Å². The van der Waals surface area contributed by atoms with Crippen LogP contribution >= 0.6 is 34.6 Å². The first-order valence-corrected chi connectivity index (χ1v) is 9.00. The van der Waals surface area contributed by atoms with Crippen LogP contribution in [0.3, 0.4) is 0 Å². The molecule has 7 heteroatoms. The van der Waals surface area contributed by atoms with Gasteiger partial charge in [0.15, 0.2) is 0 Å². The Balaban J connectivity index is 2.10. The van der Waals surface area contributed by atoms with Crippen molar-refractivity contribution >= 4 is 45.5 Å². The van der Waals surface area contributed by atoms with Crippen LogP contribution in [0.4, 0.5) is 10.8 Å². The summed E-state index contributed by atoms with van der Waals surface area (Å²) >= 11 is 4.91. The number of rotatable bonds is 6. The molecule has 1 atom stereocenters. The SMILES string of the molecule is CSC(C)CCNc1snc(N)c1-c1nc(C)cs1. The molecule has 0 radical (unpaired) electrons. The molecule has 0 bridgehead atoms. The molecule has 0 aliphatic rings. The topological polar surface area (TPSA) is 63.8 Å². The molecule has 0 spiro atoms. The highest BCUT2D eigenvalue weighted by atomic mass is 32.2. The van der Waals surface area contributed by atoms with Gasteiger partial charge in [-0.3, -0.25) is 0 Å². The van der Waals surface area contributed by atoms with Crippen molar-refractivity contribution in [2.45, 2.75) is 25.5 Å². The van der Waals surface area contributed by atoms with E-state index in [4.69, 9.17) is 5.73 Å². The third-order valence-electron chi connectivity index (χ3n) is 2.79. The first kappa shape index (κ1) is 14.6. The second-order valence-corrected chi connectivity index (χ2v) is 7.24. The Morgan fingerprint density at radius 1 is 1.53 bits per heavy atom. The van der Waals surface area contributed by atoms with Gasteiger partial charge in [-0.05, 0) is 31.1 Å². The molecule has 2 rings (SSSR count). The molecule has 1 unspecified atom stereocenters. The number of hydrogen-bond acceptors (Lipinski definition) is 7. The summed E-state index contributed by atoms with van der Waals surface area (Å²) in [4.78, 5) is 4.50. The quantitative estimate of drug-likeness (QED) is 0.851. The monoisotopic (exact) mass is 314 g/mol. The smallest absolute Gasteiger partial charge is 0.149 e. The Morgan fingerprint density at radius 3 is 2.95 bits per heavy atom. The van der Waals surface area contributed by atoms with Crippen molar-refractivity contribution in [3.63, 3.8) is 0 Å². The number of nitrogens with zero attached hydrogens (tertiary/aromatic N) is 2. The normalized spacial score (nSPS) is 12.6. The summed E-state index contributed by atoms with van der Waals surface area (Å²) in [5.41, 5.74) is 7.94. The number of aryl methyl sites for hydroxylation is 1. The molecule has 0 saturated heterocycles. The number of hydrogen-bond donors (Lipinski definition) is 2. The number of thioether (sulfide) groups is 1. The van der Waals surface area contributed by atoms with E-state index in [-0.39, 0.29) is 0 Å². The fraction of sp³-hybridized carbons (Fsp3) is 0.500. The van der Waals surface area contributed by atoms with Crippen molar-refractivity contribution in [1.82, 2.24) is 9.36 Å². The summed E-state index contributed by atoms with van der Waals surface area (Å²) in [5.74, 6) is 0.569. The highest BCUT2D eigenvalue weighted by Crippen LogP contribution is 2.38. The van der Waals surface area contributed by atoms with E-state index in [9.17, 15) is 0 Å². The Morgan fingerprint density at radius 2 is 2.32 bits per heavy atom. The molecule has 0 saturated carbocycles. The summed E-state index contributed by atoms with van der Waals surface area (Å²) < 4.78 is 4.24. The minimum atomic E-state index is 0.569. The number of aromatic nitrogens is 2. The molecule has 0 aromatic carbocycles. The van der Waals surface area contributed by atoms with Crippen molar-refractivity contribution in [2.24, 2.45) is 0 Å². The number of thiazole rings is 1. The lowest BCUT2D eigenvalue weighted by Crippen LogP contribution is -2.07. The van der Waals surface area contributed by atoms with Gasteiger partial charge in [-0.2, -0.15) is 16.1 Å². The maximum absolute atomic E-state index is 5.96. The molecule has 0 amide bonds. The minimum absolute atomic E-state index is 0.569. The molecule has 0 aliphatic heterocycles. The second kappa shape index (κ2) is 6.58. The predicted octanol–water partition coefficient (Wildman–Crippen LogP) is 3.71. The average Bonchev–Trinajstić information content (AvgIpc) is 2.95. The van der Waals surface area contributed by atoms with Crippen LogP contribution < -0.4 is 11.1 Å². The van der Waals surface area contributed by atoms with Crippen molar-refractivity contribution in [3.8, 4) is 10.6 Å². The van der Waals surface area contributed by atoms with E-state index in [1.807, 2.05) is 24.1 Å². The summed E-state index contributed by atoms with van der Waals surface area (Å²) in [5, 5.41) is 8.10. The third kappa shape index (κ3) is 3.61. The van der Waals surface area contributed by atoms with Gasteiger partial charge < -0.3 is 11.1 Å². The molecule has 2 aromatic rings. The number of nitrogens with one attached hydrogen (secondary N) is 1. The van der Waals surface area contributed by atoms with Crippen LogP contribution in [0.5, 0.6) is 0 Å². The van der Waals surface area contributed by atoms with Gasteiger partial charge >= 0.3 is 0 Å². The second-order valence-electron chi connectivity index (χ2n) is 4.33. The number of anilines is 2. The molecule has 0 aliphatic carbocycles.